The molecule has 1 saturated heterocycles. The van der Waals surface area contributed by atoms with Crippen molar-refractivity contribution in [3.63, 3.8) is 0 Å². The van der Waals surface area contributed by atoms with E-state index in [0.29, 0.717) is 12.5 Å². The van der Waals surface area contributed by atoms with E-state index in [-0.39, 0.29) is 12.1 Å². The van der Waals surface area contributed by atoms with Gasteiger partial charge in [-0.1, -0.05) is 0 Å². The molecule has 0 aromatic rings. The van der Waals surface area contributed by atoms with Crippen molar-refractivity contribution >= 4 is 5.97 Å². The Kier molecular flexibility index (Phi) is 5.05. The lowest BCUT2D eigenvalue weighted by molar-refractivity contribution is -0.149. The number of carbonyl (C=O) groups is 1. The van der Waals surface area contributed by atoms with Crippen molar-refractivity contribution in [3.8, 4) is 0 Å². The van der Waals surface area contributed by atoms with Crippen LogP contribution in [0.5, 0.6) is 0 Å². The van der Waals surface area contributed by atoms with E-state index < -0.39 is 0 Å². The number of rotatable bonds is 4. The maximum atomic E-state index is 11.4. The highest BCUT2D eigenvalue weighted by atomic mass is 16.5. The Morgan fingerprint density at radius 1 is 1.47 bits per heavy atom. The summed E-state index contributed by atoms with van der Waals surface area (Å²) in [5.41, 5.74) is 5.61. The topological polar surface area (TPSA) is 55.6 Å². The summed E-state index contributed by atoms with van der Waals surface area (Å²) in [4.78, 5) is 13.5. The molecule has 0 bridgehead atoms. The van der Waals surface area contributed by atoms with Crippen molar-refractivity contribution in [2.45, 2.75) is 32.8 Å². The minimum absolute atomic E-state index is 0.0147. The molecule has 1 fully saturated rings. The van der Waals surface area contributed by atoms with Gasteiger partial charge in [-0.15, -0.1) is 0 Å². The number of nitrogens with two attached hydrogens (primary N) is 1. The van der Waals surface area contributed by atoms with Crippen LogP contribution in [0.4, 0.5) is 0 Å². The van der Waals surface area contributed by atoms with Crippen LogP contribution in [0.3, 0.4) is 0 Å². The van der Waals surface area contributed by atoms with Crippen molar-refractivity contribution in [3.05, 3.63) is 0 Å². The first kappa shape index (κ1) is 12.5. The molecule has 0 saturated carbocycles. The summed E-state index contributed by atoms with van der Waals surface area (Å²) in [6.07, 6.45) is 2.19. The van der Waals surface area contributed by atoms with Gasteiger partial charge in [0.05, 0.1) is 12.6 Å². The van der Waals surface area contributed by atoms with E-state index in [0.717, 1.165) is 32.5 Å². The van der Waals surface area contributed by atoms with Crippen molar-refractivity contribution in [2.75, 3.05) is 26.2 Å². The Balaban J connectivity index is 2.20. The van der Waals surface area contributed by atoms with Crippen LogP contribution in [-0.4, -0.2) is 43.2 Å². The quantitative estimate of drug-likeness (QED) is 0.697. The zero-order valence-electron chi connectivity index (χ0n) is 9.74. The third-order valence-corrected chi connectivity index (χ3v) is 2.76. The molecule has 0 unspecified atom stereocenters. The van der Waals surface area contributed by atoms with E-state index in [4.69, 9.17) is 10.5 Å². The van der Waals surface area contributed by atoms with Gasteiger partial charge in [-0.05, 0) is 52.2 Å². The third kappa shape index (κ3) is 4.62. The van der Waals surface area contributed by atoms with E-state index in [9.17, 15) is 4.79 Å². The molecule has 1 aliphatic heterocycles. The molecule has 1 heterocycles. The maximum absolute atomic E-state index is 11.4. The molecule has 4 nitrogen and oxygen atoms in total. The third-order valence-electron chi connectivity index (χ3n) is 2.76. The van der Waals surface area contributed by atoms with Crippen LogP contribution in [0.25, 0.3) is 0 Å². The standard InChI is InChI=1S/C11H22N2O2/c1-9(2)15-11(14)8-13-5-3-10(7-12)4-6-13/h9-10H,3-8,12H2,1-2H3. The molecule has 0 amide bonds. The smallest absolute Gasteiger partial charge is 0.320 e. The summed E-state index contributed by atoms with van der Waals surface area (Å²) < 4.78 is 5.10. The summed E-state index contributed by atoms with van der Waals surface area (Å²) in [5, 5.41) is 0. The predicted octanol–water partition coefficient (Wildman–Crippen LogP) is 0.609. The van der Waals surface area contributed by atoms with Gasteiger partial charge in [0.15, 0.2) is 0 Å². The van der Waals surface area contributed by atoms with Crippen LogP contribution in [0.1, 0.15) is 26.7 Å². The van der Waals surface area contributed by atoms with Crippen LogP contribution < -0.4 is 5.73 Å². The van der Waals surface area contributed by atoms with Gasteiger partial charge < -0.3 is 10.5 Å². The summed E-state index contributed by atoms with van der Waals surface area (Å²) in [6, 6.07) is 0. The van der Waals surface area contributed by atoms with Crippen LogP contribution in [0.15, 0.2) is 0 Å². The second-order valence-corrected chi connectivity index (χ2v) is 4.49. The summed E-state index contributed by atoms with van der Waals surface area (Å²) in [6.45, 7) is 6.88. The van der Waals surface area contributed by atoms with Crippen LogP contribution in [-0.2, 0) is 9.53 Å². The molecule has 1 aliphatic rings. The Morgan fingerprint density at radius 3 is 2.53 bits per heavy atom. The molecule has 2 N–H and O–H groups in total. The van der Waals surface area contributed by atoms with E-state index in [1.165, 1.54) is 0 Å². The molecular weight excluding hydrogens is 192 g/mol. The first-order valence-corrected chi connectivity index (χ1v) is 5.73. The largest absolute Gasteiger partial charge is 0.462 e. The number of esters is 1. The summed E-state index contributed by atoms with van der Waals surface area (Å²) in [5.74, 6) is 0.526. The Bertz CT molecular complexity index is 199. The lowest BCUT2D eigenvalue weighted by atomic mass is 9.97. The van der Waals surface area contributed by atoms with Gasteiger partial charge in [-0.3, -0.25) is 9.69 Å². The lowest BCUT2D eigenvalue weighted by Crippen LogP contribution is -2.39. The van der Waals surface area contributed by atoms with Crippen LogP contribution >= 0.6 is 0 Å². The SMILES string of the molecule is CC(C)OC(=O)CN1CCC(CN)CC1. The van der Waals surface area contributed by atoms with E-state index >= 15 is 0 Å². The summed E-state index contributed by atoms with van der Waals surface area (Å²) >= 11 is 0. The average Bonchev–Trinajstić information content (AvgIpc) is 2.17. The average molecular weight is 214 g/mol. The number of likely N-dealkylation sites (tertiary alicyclic amines) is 1. The second kappa shape index (κ2) is 6.08. The minimum atomic E-state index is -0.115. The first-order valence-electron chi connectivity index (χ1n) is 5.73. The van der Waals surface area contributed by atoms with Gasteiger partial charge in [0.1, 0.15) is 0 Å². The van der Waals surface area contributed by atoms with E-state index in [1.807, 2.05) is 13.8 Å². The van der Waals surface area contributed by atoms with Gasteiger partial charge in [0.25, 0.3) is 0 Å². The second-order valence-electron chi connectivity index (χ2n) is 4.49. The molecule has 0 spiro atoms. The first-order chi connectivity index (χ1) is 7.11. The molecule has 0 aromatic heterocycles. The molecule has 4 heteroatoms. The predicted molar refractivity (Wildman–Crippen MR) is 59.4 cm³/mol. The fourth-order valence-electron chi connectivity index (χ4n) is 1.86. The summed E-state index contributed by atoms with van der Waals surface area (Å²) in [7, 11) is 0. The molecule has 88 valence electrons. The monoisotopic (exact) mass is 214 g/mol. The zero-order chi connectivity index (χ0) is 11.3. The molecule has 0 aliphatic carbocycles. The molecule has 1 rings (SSSR count). The van der Waals surface area contributed by atoms with Crippen LogP contribution in [0.2, 0.25) is 0 Å². The Labute approximate surface area is 91.8 Å². The Hall–Kier alpha value is -0.610. The highest BCUT2D eigenvalue weighted by Gasteiger charge is 2.20. The van der Waals surface area contributed by atoms with E-state index in [2.05, 4.69) is 4.90 Å². The number of carbonyl (C=O) groups excluding carboxylic acids is 1. The molecule has 0 aromatic carbocycles. The highest BCUT2D eigenvalue weighted by Crippen LogP contribution is 2.15. The number of nitrogens with zero attached hydrogens (tertiary/aromatic N) is 1. The van der Waals surface area contributed by atoms with Crippen molar-refractivity contribution in [1.29, 1.82) is 0 Å². The fraction of sp³-hybridized carbons (Fsp3) is 0.909. The van der Waals surface area contributed by atoms with Gasteiger partial charge >= 0.3 is 5.97 Å². The molecular formula is C11H22N2O2. The van der Waals surface area contributed by atoms with E-state index in [1.54, 1.807) is 0 Å². The molecule has 0 radical (unpaired) electrons. The van der Waals surface area contributed by atoms with Crippen molar-refractivity contribution in [1.82, 2.24) is 4.90 Å². The fourth-order valence-corrected chi connectivity index (χ4v) is 1.86. The zero-order valence-corrected chi connectivity index (χ0v) is 9.74. The molecule has 15 heavy (non-hydrogen) atoms. The van der Waals surface area contributed by atoms with Gasteiger partial charge in [0, 0.05) is 0 Å². The van der Waals surface area contributed by atoms with Crippen molar-refractivity contribution in [2.24, 2.45) is 11.7 Å². The number of hydrogen-bond acceptors (Lipinski definition) is 4. The number of piperidine rings is 1. The number of hydrogen-bond donors (Lipinski definition) is 1. The number of ether oxygens (including phenoxy) is 1. The minimum Gasteiger partial charge on any atom is -0.462 e. The maximum Gasteiger partial charge on any atom is 0.320 e. The van der Waals surface area contributed by atoms with Crippen molar-refractivity contribution < 1.29 is 9.53 Å². The van der Waals surface area contributed by atoms with Gasteiger partial charge in [-0.25, -0.2) is 0 Å². The van der Waals surface area contributed by atoms with Gasteiger partial charge in [0.2, 0.25) is 0 Å². The highest BCUT2D eigenvalue weighted by molar-refractivity contribution is 5.71. The lowest BCUT2D eigenvalue weighted by Gasteiger charge is -2.30. The Morgan fingerprint density at radius 2 is 2.07 bits per heavy atom. The molecule has 0 atom stereocenters. The van der Waals surface area contributed by atoms with Gasteiger partial charge in [-0.2, -0.15) is 0 Å². The normalized spacial score (nSPS) is 19.5. The van der Waals surface area contributed by atoms with Crippen LogP contribution in [0, 0.1) is 5.92 Å².